The van der Waals surface area contributed by atoms with Crippen molar-refractivity contribution in [2.75, 3.05) is 161 Å². The molecule has 1 aliphatic carbocycles. The summed E-state index contributed by atoms with van der Waals surface area (Å²) in [6, 6.07) is 24.5. The monoisotopic (exact) mass is 1290 g/mol. The number of nitrogens with zero attached hydrogens (tertiary/aromatic N) is 4. The molecule has 19 nitrogen and oxygen atoms in total. The van der Waals surface area contributed by atoms with Gasteiger partial charge in [-0.2, -0.15) is 8.42 Å². The molecule has 2 saturated heterocycles. The van der Waals surface area contributed by atoms with Crippen LogP contribution < -0.4 is 14.8 Å². The fourth-order valence-corrected chi connectivity index (χ4v) is 12.1. The molecule has 90 heavy (non-hydrogen) atoms. The van der Waals surface area contributed by atoms with Crippen molar-refractivity contribution in [2.24, 2.45) is 0 Å². The molecular weight excluding hydrogens is 1190 g/mol. The molecule has 0 saturated carbocycles. The Labute approximate surface area is 537 Å². The third kappa shape index (κ3) is 24.9. The number of alkyl halides is 1. The van der Waals surface area contributed by atoms with Crippen LogP contribution in [0.1, 0.15) is 133 Å². The van der Waals surface area contributed by atoms with Crippen LogP contribution in [0.3, 0.4) is 0 Å². The maximum atomic E-state index is 13.9. The standard InChI is InChI=1S/C69H95ClN4O15S/c1-2-3-27-71-29-33-73(34-30-71)57-19-23-61-66(52-57)89-67-53-58(74-35-31-72(32-36-74)28-7-9-49-90(80,81)82)20-24-62(67)68(61)63-51-56(18-22-60(63)69(78)79)65(77)16-12-39-85-43-45-87-47-48-88-46-44-86-40-25-59(75)21-17-54-13-10-14-55(50-54)64(76)15-11-38-84-42-41-83-37-8-5-4-6-26-70/h10,13-14,18-20,22-24,50-53H,2-9,11-12,15-17,21,25-49H2,1H3,(H-,78,79,80,81,82)/p+1. The molecule has 0 aromatic heterocycles. The fourth-order valence-electron chi connectivity index (χ4n) is 11.3. The Kier molecular flexibility index (Phi) is 31.8. The van der Waals surface area contributed by atoms with Crippen molar-refractivity contribution in [3.8, 4) is 22.5 Å². The number of fused-ring (bicyclic) bond motifs is 2. The van der Waals surface area contributed by atoms with Crippen LogP contribution in [0.4, 0.5) is 5.69 Å². The van der Waals surface area contributed by atoms with Crippen LogP contribution in [-0.4, -0.2) is 208 Å². The van der Waals surface area contributed by atoms with E-state index in [1.54, 1.807) is 12.1 Å². The number of ether oxygens (including phenoxy) is 6. The fraction of sp³-hybridized carbons (Fsp3) is 0.580. The van der Waals surface area contributed by atoms with E-state index < -0.39 is 16.1 Å². The number of aryl methyl sites for hydroxylation is 1. The highest BCUT2D eigenvalue weighted by Gasteiger charge is 2.27. The van der Waals surface area contributed by atoms with Gasteiger partial charge in [0, 0.05) is 123 Å². The lowest BCUT2D eigenvalue weighted by Gasteiger charge is -2.36. The molecule has 0 amide bonds. The third-order valence-electron chi connectivity index (χ3n) is 16.5. The van der Waals surface area contributed by atoms with E-state index in [4.69, 9.17) is 49.0 Å². The van der Waals surface area contributed by atoms with Crippen molar-refractivity contribution in [1.82, 2.24) is 14.4 Å². The summed E-state index contributed by atoms with van der Waals surface area (Å²) in [6.07, 6.45) is 10.6. The zero-order valence-corrected chi connectivity index (χ0v) is 54.4. The highest BCUT2D eigenvalue weighted by molar-refractivity contribution is 7.85. The maximum absolute atomic E-state index is 13.9. The number of carboxylic acid groups (broad SMARTS) is 1. The van der Waals surface area contributed by atoms with Crippen molar-refractivity contribution in [1.29, 1.82) is 0 Å². The van der Waals surface area contributed by atoms with Crippen LogP contribution in [0.15, 0.2) is 83.3 Å². The molecule has 0 radical (unpaired) electrons. The lowest BCUT2D eigenvalue weighted by Crippen LogP contribution is -2.48. The van der Waals surface area contributed by atoms with Crippen molar-refractivity contribution in [2.45, 2.75) is 103 Å². The first kappa shape index (κ1) is 71.9. The second-order valence-electron chi connectivity index (χ2n) is 23.2. The maximum Gasteiger partial charge on any atom is 0.336 e. The van der Waals surface area contributed by atoms with E-state index >= 15 is 0 Å². The van der Waals surface area contributed by atoms with Gasteiger partial charge in [-0.1, -0.05) is 50.5 Å². The summed E-state index contributed by atoms with van der Waals surface area (Å²) in [5.41, 5.74) is 5.47. The zero-order valence-electron chi connectivity index (χ0n) is 52.9. The summed E-state index contributed by atoms with van der Waals surface area (Å²) in [5, 5.41) is 12.4. The number of Topliss-reactive ketones (excluding diaryl/α,β-unsaturated/α-hetero) is 3. The topological polar surface area (TPSA) is 224 Å². The molecular formula is C69H96ClN4O15S+. The predicted octanol–water partition coefficient (Wildman–Crippen LogP) is 10.00. The Morgan fingerprint density at radius 1 is 0.578 bits per heavy atom. The number of rotatable bonds is 45. The third-order valence-corrected chi connectivity index (χ3v) is 17.5. The number of piperazine rings is 2. The number of carboxylic acids is 1. The summed E-state index contributed by atoms with van der Waals surface area (Å²) in [7, 11) is -3.98. The second-order valence-corrected chi connectivity index (χ2v) is 25.2. The minimum absolute atomic E-state index is 0.0621. The van der Waals surface area contributed by atoms with Gasteiger partial charge in [0.25, 0.3) is 10.1 Å². The van der Waals surface area contributed by atoms with Crippen molar-refractivity contribution < 1.29 is 70.1 Å². The molecule has 494 valence electrons. The molecule has 3 aromatic rings. The SMILES string of the molecule is CCCCN1CC[N+](=c2ccc3c(-c4cc(C(=O)CCCOCCOCCOCCOCCC(=O)CCc5cccc(C(=O)CCCOCCOCCCCCCCl)c5)ccc4C(=O)O)c4ccc(N5CCN(CCCCS(=O)(=O)O)CC5)cc4oc-3c2)CC1. The normalized spacial score (nSPS) is 14.3. The lowest BCUT2D eigenvalue weighted by atomic mass is 9.88. The zero-order chi connectivity index (χ0) is 63.8. The largest absolute Gasteiger partial charge is 0.478 e. The highest BCUT2D eigenvalue weighted by Crippen LogP contribution is 2.43. The summed E-state index contributed by atoms with van der Waals surface area (Å²) >= 11 is 5.71. The quantitative estimate of drug-likeness (QED) is 0.00923. The molecule has 3 heterocycles. The van der Waals surface area contributed by atoms with Gasteiger partial charge >= 0.3 is 5.97 Å². The van der Waals surface area contributed by atoms with E-state index in [1.807, 2.05) is 48.5 Å². The highest BCUT2D eigenvalue weighted by atomic mass is 35.5. The molecule has 0 spiro atoms. The van der Waals surface area contributed by atoms with E-state index in [9.17, 15) is 32.7 Å². The Morgan fingerprint density at radius 3 is 1.83 bits per heavy atom. The molecule has 2 N–H and O–H groups in total. The Balaban J connectivity index is 0.809. The van der Waals surface area contributed by atoms with Gasteiger partial charge in [0.2, 0.25) is 5.36 Å². The first-order valence-corrected chi connectivity index (χ1v) is 34.7. The van der Waals surface area contributed by atoms with Gasteiger partial charge in [0.05, 0.1) is 89.9 Å². The number of anilines is 1. The molecule has 3 aromatic carbocycles. The number of halogens is 1. The van der Waals surface area contributed by atoms with E-state index in [0.717, 1.165) is 132 Å². The lowest BCUT2D eigenvalue weighted by molar-refractivity contribution is -0.120. The average Bonchev–Trinajstić information content (AvgIpc) is 0.855. The van der Waals surface area contributed by atoms with Crippen LogP contribution in [0.25, 0.3) is 33.4 Å². The van der Waals surface area contributed by atoms with Crippen LogP contribution in [0.2, 0.25) is 0 Å². The predicted molar refractivity (Wildman–Crippen MR) is 352 cm³/mol. The summed E-state index contributed by atoms with van der Waals surface area (Å²) < 4.78 is 74.7. The summed E-state index contributed by atoms with van der Waals surface area (Å²) in [5.74, 6) is -0.00332. The number of hydrogen-bond donors (Lipinski definition) is 2. The van der Waals surface area contributed by atoms with E-state index in [-0.39, 0.29) is 35.1 Å². The van der Waals surface area contributed by atoms with Gasteiger partial charge in [0.1, 0.15) is 17.1 Å². The van der Waals surface area contributed by atoms with Crippen LogP contribution in [0.5, 0.6) is 0 Å². The Bertz CT molecular complexity index is 3180. The number of hydrogen-bond acceptors (Lipinski definition) is 16. The first-order valence-electron chi connectivity index (χ1n) is 32.6. The van der Waals surface area contributed by atoms with Gasteiger partial charge in [0.15, 0.2) is 24.7 Å². The van der Waals surface area contributed by atoms with Gasteiger partial charge in [-0.3, -0.25) is 28.7 Å². The van der Waals surface area contributed by atoms with Crippen molar-refractivity contribution in [3.63, 3.8) is 0 Å². The van der Waals surface area contributed by atoms with Crippen molar-refractivity contribution >= 4 is 61.7 Å². The minimum Gasteiger partial charge on any atom is -0.478 e. The van der Waals surface area contributed by atoms with E-state index in [2.05, 4.69) is 38.3 Å². The van der Waals surface area contributed by atoms with Crippen molar-refractivity contribution in [3.05, 3.63) is 106 Å². The molecule has 0 bridgehead atoms. The van der Waals surface area contributed by atoms with E-state index in [1.165, 1.54) is 12.5 Å². The Hall–Kier alpha value is -5.49. The van der Waals surface area contributed by atoms with Crippen LogP contribution >= 0.6 is 11.6 Å². The minimum atomic E-state index is -3.98. The average molecular weight is 1290 g/mol. The van der Waals surface area contributed by atoms with Gasteiger partial charge in [-0.05, 0) is 112 Å². The first-order chi connectivity index (χ1) is 43.8. The summed E-state index contributed by atoms with van der Waals surface area (Å²) in [4.78, 5) is 59.4. The molecule has 0 unspecified atom stereocenters. The number of aromatic carboxylic acids is 1. The number of ketones is 3. The molecule has 0 atom stereocenters. The number of unbranched alkanes of at least 4 members (excludes halogenated alkanes) is 5. The number of carbonyl (C=O) groups excluding carboxylic acids is 3. The molecule has 2 fully saturated rings. The van der Waals surface area contributed by atoms with Crippen LogP contribution in [-0.2, 0) is 49.8 Å². The second kappa shape index (κ2) is 39.8. The molecule has 3 aliphatic heterocycles. The van der Waals surface area contributed by atoms with Gasteiger partial charge in [-0.25, -0.2) is 9.37 Å². The number of benzene rings is 4. The number of carbonyl (C=O) groups is 4. The van der Waals surface area contributed by atoms with E-state index in [0.29, 0.717) is 164 Å². The molecule has 4 aliphatic rings. The smallest absolute Gasteiger partial charge is 0.336 e. The van der Waals surface area contributed by atoms with Gasteiger partial charge < -0.3 is 42.8 Å². The van der Waals surface area contributed by atoms with Crippen LogP contribution in [0, 0.1) is 0 Å². The Morgan fingerprint density at radius 2 is 1.19 bits per heavy atom. The molecule has 21 heteroatoms. The molecule has 7 rings (SSSR count). The summed E-state index contributed by atoms with van der Waals surface area (Å²) in [6.45, 7) is 15.9. The van der Waals surface area contributed by atoms with Gasteiger partial charge in [-0.15, -0.1) is 11.6 Å².